The Hall–Kier alpha value is -1.55. The van der Waals surface area contributed by atoms with Crippen LogP contribution in [0, 0.1) is 0 Å². The topological polar surface area (TPSA) is 63.6 Å². The molecule has 1 rings (SSSR count). The Bertz CT molecular complexity index is 440. The number of benzene rings is 1. The molecule has 0 amide bonds. The molecule has 16 heavy (non-hydrogen) atoms. The monoisotopic (exact) mass is 242 g/mol. The first-order chi connectivity index (χ1) is 7.51. The Morgan fingerprint density at radius 3 is 2.38 bits per heavy atom. The van der Waals surface area contributed by atoms with Gasteiger partial charge in [0.1, 0.15) is 11.3 Å². The molecule has 0 aromatic heterocycles. The Labute approximate surface area is 97.8 Å². The van der Waals surface area contributed by atoms with E-state index in [1.165, 1.54) is 19.2 Å². The number of hydrogen-bond acceptors (Lipinski definition) is 3. The largest absolute Gasteiger partial charge is 0.495 e. The first-order valence-corrected chi connectivity index (χ1v) is 5.03. The van der Waals surface area contributed by atoms with Gasteiger partial charge in [0.05, 0.1) is 12.7 Å². The molecule has 86 valence electrons. The van der Waals surface area contributed by atoms with Crippen LogP contribution in [0.2, 0.25) is 5.02 Å². The molecule has 4 nitrogen and oxygen atoms in total. The van der Waals surface area contributed by atoms with Crippen molar-refractivity contribution in [2.24, 2.45) is 0 Å². The van der Waals surface area contributed by atoms with Crippen molar-refractivity contribution in [3.8, 4) is 5.75 Å². The minimum Gasteiger partial charge on any atom is -0.495 e. The third-order valence-electron chi connectivity index (χ3n) is 2.11. The predicted octanol–water partition coefficient (Wildman–Crippen LogP) is 2.64. The summed E-state index contributed by atoms with van der Waals surface area (Å²) >= 11 is 5.75. The number of Topliss-reactive ketones (excluding diaryl/α,β-unsaturated/α-hetero) is 1. The van der Waals surface area contributed by atoms with E-state index < -0.39 is 5.97 Å². The molecule has 0 saturated carbocycles. The number of carbonyl (C=O) groups excluding carboxylic acids is 1. The number of carbonyl (C=O) groups is 2. The fraction of sp³-hybridized carbons (Fsp3) is 0.273. The molecule has 0 fully saturated rings. The molecule has 1 aromatic rings. The van der Waals surface area contributed by atoms with Crippen molar-refractivity contribution in [3.63, 3.8) is 0 Å². The molecule has 0 bridgehead atoms. The van der Waals surface area contributed by atoms with Crippen molar-refractivity contribution >= 4 is 23.4 Å². The normalized spacial score (nSPS) is 9.94. The van der Waals surface area contributed by atoms with E-state index in [1.54, 1.807) is 6.92 Å². The summed E-state index contributed by atoms with van der Waals surface area (Å²) in [6, 6.07) is 2.67. The van der Waals surface area contributed by atoms with Crippen LogP contribution in [-0.2, 0) is 0 Å². The number of methoxy groups -OCH3 is 1. The van der Waals surface area contributed by atoms with Gasteiger partial charge in [0.15, 0.2) is 5.78 Å². The molecule has 0 heterocycles. The van der Waals surface area contributed by atoms with Crippen LogP contribution in [0.25, 0.3) is 0 Å². The van der Waals surface area contributed by atoms with Crippen LogP contribution in [0.1, 0.15) is 34.1 Å². The van der Waals surface area contributed by atoms with Gasteiger partial charge in [-0.3, -0.25) is 4.79 Å². The highest BCUT2D eigenvalue weighted by Crippen LogP contribution is 2.29. The van der Waals surface area contributed by atoms with E-state index >= 15 is 0 Å². The predicted molar refractivity (Wildman–Crippen MR) is 59.6 cm³/mol. The van der Waals surface area contributed by atoms with Crippen molar-refractivity contribution in [1.29, 1.82) is 0 Å². The highest BCUT2D eigenvalue weighted by Gasteiger charge is 2.20. The lowest BCUT2D eigenvalue weighted by atomic mass is 10.0. The molecule has 0 unspecified atom stereocenters. The van der Waals surface area contributed by atoms with Crippen LogP contribution in [-0.4, -0.2) is 24.0 Å². The number of halogens is 1. The first kappa shape index (κ1) is 12.5. The molecular weight excluding hydrogens is 232 g/mol. The van der Waals surface area contributed by atoms with Crippen LogP contribution < -0.4 is 4.74 Å². The van der Waals surface area contributed by atoms with Gasteiger partial charge >= 0.3 is 5.97 Å². The molecule has 0 aliphatic carbocycles. The van der Waals surface area contributed by atoms with Crippen LogP contribution in [0.3, 0.4) is 0 Å². The third kappa shape index (κ3) is 2.33. The van der Waals surface area contributed by atoms with Crippen LogP contribution >= 0.6 is 11.6 Å². The molecule has 0 atom stereocenters. The lowest BCUT2D eigenvalue weighted by Crippen LogP contribution is -2.07. The van der Waals surface area contributed by atoms with Crippen molar-refractivity contribution in [3.05, 3.63) is 28.3 Å². The highest BCUT2D eigenvalue weighted by atomic mass is 35.5. The van der Waals surface area contributed by atoms with Crippen molar-refractivity contribution in [1.82, 2.24) is 0 Å². The maximum atomic E-state index is 11.6. The zero-order valence-corrected chi connectivity index (χ0v) is 9.67. The van der Waals surface area contributed by atoms with E-state index in [1.807, 2.05) is 0 Å². The van der Waals surface area contributed by atoms with Gasteiger partial charge in [0.25, 0.3) is 0 Å². The second-order valence-corrected chi connectivity index (χ2v) is 3.55. The van der Waals surface area contributed by atoms with E-state index in [-0.39, 0.29) is 34.1 Å². The second kappa shape index (κ2) is 4.99. The zero-order chi connectivity index (χ0) is 12.3. The highest BCUT2D eigenvalue weighted by molar-refractivity contribution is 6.31. The molecule has 0 aliphatic heterocycles. The Morgan fingerprint density at radius 1 is 1.38 bits per heavy atom. The van der Waals surface area contributed by atoms with E-state index in [9.17, 15) is 9.59 Å². The molecule has 1 aromatic carbocycles. The number of hydrogen-bond donors (Lipinski definition) is 1. The SMILES string of the molecule is CCC(=O)c1cc(Cl)cc(C(=O)O)c1OC. The number of carboxylic acids is 1. The number of ketones is 1. The summed E-state index contributed by atoms with van der Waals surface area (Å²) in [5, 5.41) is 9.15. The maximum absolute atomic E-state index is 11.6. The minimum atomic E-state index is -1.18. The van der Waals surface area contributed by atoms with Crippen LogP contribution in [0.5, 0.6) is 5.75 Å². The lowest BCUT2D eigenvalue weighted by molar-refractivity contribution is 0.0693. The minimum absolute atomic E-state index is 0.0590. The molecule has 5 heteroatoms. The lowest BCUT2D eigenvalue weighted by Gasteiger charge is -2.10. The number of aromatic carboxylic acids is 1. The van der Waals surface area contributed by atoms with Gasteiger partial charge in [-0.2, -0.15) is 0 Å². The number of carboxylic acid groups (broad SMARTS) is 1. The summed E-state index contributed by atoms with van der Waals surface area (Å²) in [7, 11) is 1.32. The zero-order valence-electron chi connectivity index (χ0n) is 8.91. The molecular formula is C11H11ClO4. The number of rotatable bonds is 4. The van der Waals surface area contributed by atoms with E-state index in [2.05, 4.69) is 0 Å². The number of ether oxygens (including phenoxy) is 1. The van der Waals surface area contributed by atoms with Crippen LogP contribution in [0.15, 0.2) is 12.1 Å². The van der Waals surface area contributed by atoms with Gasteiger partial charge in [-0.15, -0.1) is 0 Å². The van der Waals surface area contributed by atoms with E-state index in [4.69, 9.17) is 21.4 Å². The van der Waals surface area contributed by atoms with Crippen LogP contribution in [0.4, 0.5) is 0 Å². The van der Waals surface area contributed by atoms with Crippen molar-refractivity contribution in [2.75, 3.05) is 7.11 Å². The molecule has 0 saturated heterocycles. The summed E-state index contributed by atoms with van der Waals surface area (Å²) < 4.78 is 4.96. The Balaban J connectivity index is 3.48. The fourth-order valence-electron chi connectivity index (χ4n) is 1.37. The van der Waals surface area contributed by atoms with Gasteiger partial charge in [-0.05, 0) is 12.1 Å². The Morgan fingerprint density at radius 2 is 1.94 bits per heavy atom. The summed E-state index contributed by atoms with van der Waals surface area (Å²) in [4.78, 5) is 22.5. The maximum Gasteiger partial charge on any atom is 0.339 e. The van der Waals surface area contributed by atoms with Gasteiger partial charge in [-0.25, -0.2) is 4.79 Å². The smallest absolute Gasteiger partial charge is 0.339 e. The summed E-state index contributed by atoms with van der Waals surface area (Å²) in [5.41, 5.74) is 0.0988. The average molecular weight is 243 g/mol. The molecule has 0 aliphatic rings. The Kier molecular flexibility index (Phi) is 3.90. The summed E-state index contributed by atoms with van der Waals surface area (Å²) in [6.45, 7) is 1.68. The van der Waals surface area contributed by atoms with Gasteiger partial charge in [0, 0.05) is 11.4 Å². The molecule has 1 N–H and O–H groups in total. The molecule has 0 radical (unpaired) electrons. The average Bonchev–Trinajstić information content (AvgIpc) is 2.26. The quantitative estimate of drug-likeness (QED) is 0.825. The van der Waals surface area contributed by atoms with Crippen molar-refractivity contribution in [2.45, 2.75) is 13.3 Å². The standard InChI is InChI=1S/C11H11ClO4/c1-3-9(13)7-4-6(12)5-8(11(14)15)10(7)16-2/h4-5H,3H2,1-2H3,(H,14,15). The van der Waals surface area contributed by atoms with Gasteiger partial charge < -0.3 is 9.84 Å². The third-order valence-corrected chi connectivity index (χ3v) is 2.33. The summed E-state index contributed by atoms with van der Waals surface area (Å²) in [6.07, 6.45) is 0.260. The van der Waals surface area contributed by atoms with E-state index in [0.717, 1.165) is 0 Å². The molecule has 0 spiro atoms. The van der Waals surface area contributed by atoms with E-state index in [0.29, 0.717) is 0 Å². The second-order valence-electron chi connectivity index (χ2n) is 3.12. The van der Waals surface area contributed by atoms with Crippen molar-refractivity contribution < 1.29 is 19.4 Å². The van der Waals surface area contributed by atoms with Gasteiger partial charge in [-0.1, -0.05) is 18.5 Å². The van der Waals surface area contributed by atoms with Gasteiger partial charge in [0.2, 0.25) is 0 Å². The fourth-order valence-corrected chi connectivity index (χ4v) is 1.59. The first-order valence-electron chi connectivity index (χ1n) is 4.65. The summed E-state index contributed by atoms with van der Waals surface area (Å²) in [5.74, 6) is -1.32.